The Balaban J connectivity index is 1.67. The van der Waals surface area contributed by atoms with E-state index in [-0.39, 0.29) is 47.4 Å². The van der Waals surface area contributed by atoms with Crippen molar-refractivity contribution >= 4 is 34.7 Å². The Kier molecular flexibility index (Phi) is 6.81. The summed E-state index contributed by atoms with van der Waals surface area (Å²) in [6.45, 7) is -1.07. The zero-order valence-electron chi connectivity index (χ0n) is 18.2. The van der Waals surface area contributed by atoms with Crippen molar-refractivity contribution in [2.45, 2.75) is 49.9 Å². The summed E-state index contributed by atoms with van der Waals surface area (Å²) in [5.74, 6) is -1.43. The highest BCUT2D eigenvalue weighted by molar-refractivity contribution is 6.34. The van der Waals surface area contributed by atoms with Crippen molar-refractivity contribution in [1.82, 2.24) is 0 Å². The van der Waals surface area contributed by atoms with E-state index in [2.05, 4.69) is 0 Å². The van der Waals surface area contributed by atoms with Gasteiger partial charge in [-0.2, -0.15) is 26.3 Å². The van der Waals surface area contributed by atoms with Gasteiger partial charge in [-0.25, -0.2) is 4.39 Å². The predicted molar refractivity (Wildman–Crippen MR) is 118 cm³/mol. The second-order valence-corrected chi connectivity index (χ2v) is 9.92. The lowest BCUT2D eigenvalue weighted by molar-refractivity contribution is -0.185. The number of rotatable bonds is 6. The minimum Gasteiger partial charge on any atom is -0.370 e. The minimum atomic E-state index is -4.92. The summed E-state index contributed by atoms with van der Waals surface area (Å²) in [5, 5.41) is -0.753. The molecule has 1 aliphatic heterocycles. The molecule has 2 aromatic carbocycles. The molecule has 0 spiro atoms. The first-order valence-corrected chi connectivity index (χ1v) is 11.7. The average molecular weight is 542 g/mol. The number of anilines is 1. The fourth-order valence-electron chi connectivity index (χ4n) is 4.65. The van der Waals surface area contributed by atoms with E-state index in [0.717, 1.165) is 35.9 Å². The van der Waals surface area contributed by atoms with Gasteiger partial charge in [0.25, 0.3) is 0 Å². The summed E-state index contributed by atoms with van der Waals surface area (Å²) >= 11 is 11.6. The Bertz CT molecular complexity index is 1140. The number of alkyl halides is 6. The highest BCUT2D eigenvalue weighted by Gasteiger charge is 2.60. The maximum Gasteiger partial charge on any atom is 0.416 e. The lowest BCUT2D eigenvalue weighted by Crippen LogP contribution is -2.45. The molecule has 0 N–H and O–H groups in total. The second kappa shape index (κ2) is 9.14. The van der Waals surface area contributed by atoms with Crippen molar-refractivity contribution in [3.63, 3.8) is 0 Å². The number of carbonyl (C=O) groups is 1. The van der Waals surface area contributed by atoms with Gasteiger partial charge in [-0.3, -0.25) is 4.79 Å². The second-order valence-electron chi connectivity index (χ2n) is 9.08. The van der Waals surface area contributed by atoms with Gasteiger partial charge in [0.05, 0.1) is 10.6 Å². The van der Waals surface area contributed by atoms with Gasteiger partial charge in [-0.1, -0.05) is 29.3 Å². The first-order chi connectivity index (χ1) is 16.2. The molecule has 1 saturated heterocycles. The number of hydrogen-bond acceptors (Lipinski definition) is 2. The van der Waals surface area contributed by atoms with E-state index >= 15 is 0 Å². The van der Waals surface area contributed by atoms with Crippen LogP contribution in [0.15, 0.2) is 30.3 Å². The van der Waals surface area contributed by atoms with Gasteiger partial charge in [0.15, 0.2) is 0 Å². The van der Waals surface area contributed by atoms with Gasteiger partial charge in [-0.05, 0) is 55.5 Å². The van der Waals surface area contributed by atoms with Crippen molar-refractivity contribution in [3.05, 3.63) is 62.9 Å². The SMILES string of the molecule is O=C(CCc1ccc(N2CCC(c3cc(Cl)cc(Cl)c3F)(C(F)(F)F)C2)cc1C(F)(F)F)C1CC1. The summed E-state index contributed by atoms with van der Waals surface area (Å²) in [6.07, 6.45) is -8.92. The molecule has 2 aromatic rings. The zero-order chi connectivity index (χ0) is 25.8. The van der Waals surface area contributed by atoms with Gasteiger partial charge >= 0.3 is 12.4 Å². The van der Waals surface area contributed by atoms with Crippen LogP contribution in [0.5, 0.6) is 0 Å². The van der Waals surface area contributed by atoms with Gasteiger partial charge in [0.2, 0.25) is 0 Å². The molecule has 2 fully saturated rings. The molecule has 190 valence electrons. The Morgan fingerprint density at radius 2 is 1.74 bits per heavy atom. The maximum absolute atomic E-state index is 14.7. The van der Waals surface area contributed by atoms with E-state index < -0.39 is 52.7 Å². The van der Waals surface area contributed by atoms with Crippen molar-refractivity contribution in [2.75, 3.05) is 18.0 Å². The molecule has 35 heavy (non-hydrogen) atoms. The maximum atomic E-state index is 14.7. The third-order valence-electron chi connectivity index (χ3n) is 6.76. The van der Waals surface area contributed by atoms with E-state index in [1.165, 1.54) is 12.1 Å². The van der Waals surface area contributed by atoms with Crippen LogP contribution in [0.4, 0.5) is 36.4 Å². The number of carbonyl (C=O) groups excluding carboxylic acids is 1. The average Bonchev–Trinajstić information content (AvgIpc) is 3.51. The normalized spacial score (nSPS) is 21.0. The van der Waals surface area contributed by atoms with Gasteiger partial charge < -0.3 is 4.90 Å². The van der Waals surface area contributed by atoms with Gasteiger partial charge in [0.1, 0.15) is 17.0 Å². The Hall–Kier alpha value is -2.00. The molecule has 11 heteroatoms. The molecular weight excluding hydrogens is 522 g/mol. The van der Waals surface area contributed by atoms with Crippen LogP contribution in [0.1, 0.15) is 42.4 Å². The number of benzene rings is 2. The first kappa shape index (κ1) is 26.1. The van der Waals surface area contributed by atoms with Crippen molar-refractivity contribution < 1.29 is 35.5 Å². The molecule has 1 atom stereocenters. The van der Waals surface area contributed by atoms with E-state index in [0.29, 0.717) is 0 Å². The number of hydrogen-bond donors (Lipinski definition) is 0. The molecule has 0 radical (unpaired) electrons. The van der Waals surface area contributed by atoms with Crippen LogP contribution >= 0.6 is 23.2 Å². The Morgan fingerprint density at radius 1 is 1.06 bits per heavy atom. The van der Waals surface area contributed by atoms with Crippen LogP contribution in [0.2, 0.25) is 10.0 Å². The fourth-order valence-corrected chi connectivity index (χ4v) is 5.14. The highest BCUT2D eigenvalue weighted by Crippen LogP contribution is 2.51. The van der Waals surface area contributed by atoms with E-state index in [1.807, 2.05) is 0 Å². The number of aryl methyl sites for hydroxylation is 1. The summed E-state index contributed by atoms with van der Waals surface area (Å²) in [7, 11) is 0. The van der Waals surface area contributed by atoms with E-state index in [4.69, 9.17) is 23.2 Å². The molecule has 1 aliphatic carbocycles. The topological polar surface area (TPSA) is 20.3 Å². The number of ketones is 1. The molecule has 1 heterocycles. The summed E-state index contributed by atoms with van der Waals surface area (Å²) in [5.41, 5.74) is -4.62. The van der Waals surface area contributed by atoms with E-state index in [1.54, 1.807) is 0 Å². The van der Waals surface area contributed by atoms with Crippen LogP contribution in [-0.2, 0) is 22.8 Å². The van der Waals surface area contributed by atoms with Crippen LogP contribution in [0.25, 0.3) is 0 Å². The number of halogens is 9. The smallest absolute Gasteiger partial charge is 0.370 e. The zero-order valence-corrected chi connectivity index (χ0v) is 19.7. The molecule has 1 unspecified atom stereocenters. The first-order valence-electron chi connectivity index (χ1n) is 10.9. The Morgan fingerprint density at radius 3 is 2.34 bits per heavy atom. The fraction of sp³-hybridized carbons (Fsp3) is 0.458. The van der Waals surface area contributed by atoms with Crippen LogP contribution < -0.4 is 4.90 Å². The van der Waals surface area contributed by atoms with Crippen molar-refractivity contribution in [3.8, 4) is 0 Å². The molecule has 0 aromatic heterocycles. The lowest BCUT2D eigenvalue weighted by Gasteiger charge is -2.33. The monoisotopic (exact) mass is 541 g/mol. The third-order valence-corrected chi connectivity index (χ3v) is 7.25. The van der Waals surface area contributed by atoms with Gasteiger partial charge in [-0.15, -0.1) is 0 Å². The largest absolute Gasteiger partial charge is 0.416 e. The minimum absolute atomic E-state index is 0.0250. The molecular formula is C24H20Cl2F7NO. The Labute approximate surface area is 207 Å². The third kappa shape index (κ3) is 5.12. The molecule has 1 saturated carbocycles. The summed E-state index contributed by atoms with van der Waals surface area (Å²) < 4.78 is 99.1. The van der Waals surface area contributed by atoms with E-state index in [9.17, 15) is 35.5 Å². The van der Waals surface area contributed by atoms with Crippen LogP contribution in [0, 0.1) is 11.7 Å². The van der Waals surface area contributed by atoms with Gasteiger partial charge in [0, 0.05) is 41.7 Å². The van der Waals surface area contributed by atoms with Crippen LogP contribution in [0.3, 0.4) is 0 Å². The molecule has 2 nitrogen and oxygen atoms in total. The standard InChI is InChI=1S/C24H20Cl2F7NO/c25-15-9-18(21(27)19(26)10-15)22(24(31,32)33)7-8-34(12-22)16-5-3-13(17(11-16)23(28,29)30)4-6-20(35)14-1-2-14/h3,5,9-11,14H,1-2,4,6-8,12H2. The summed E-state index contributed by atoms with van der Waals surface area (Å²) in [6, 6.07) is 5.15. The number of Topliss-reactive ketones (excluding diaryl/α,β-unsaturated/α-hetero) is 1. The molecule has 2 aliphatic rings. The molecule has 4 rings (SSSR count). The highest BCUT2D eigenvalue weighted by atomic mass is 35.5. The summed E-state index contributed by atoms with van der Waals surface area (Å²) in [4.78, 5) is 13.1. The number of nitrogens with zero attached hydrogens (tertiary/aromatic N) is 1. The predicted octanol–water partition coefficient (Wildman–Crippen LogP) is 7.77. The van der Waals surface area contributed by atoms with Crippen molar-refractivity contribution in [1.29, 1.82) is 0 Å². The molecule has 0 amide bonds. The lowest BCUT2D eigenvalue weighted by atomic mass is 9.78. The van der Waals surface area contributed by atoms with Crippen molar-refractivity contribution in [2.24, 2.45) is 5.92 Å². The molecule has 0 bridgehead atoms. The van der Waals surface area contributed by atoms with Crippen LogP contribution in [-0.4, -0.2) is 25.0 Å². The quantitative estimate of drug-likeness (QED) is 0.275.